The number of hydrogen-bond acceptors (Lipinski definition) is 1. The highest BCUT2D eigenvalue weighted by molar-refractivity contribution is 6.13. The van der Waals surface area contributed by atoms with Crippen LogP contribution >= 0.6 is 0 Å². The summed E-state index contributed by atoms with van der Waals surface area (Å²) in [6, 6.07) is 35.6. The van der Waals surface area contributed by atoms with Gasteiger partial charge in [0.2, 0.25) is 0 Å². The lowest BCUT2D eigenvalue weighted by molar-refractivity contribution is -1.05. The van der Waals surface area contributed by atoms with Crippen molar-refractivity contribution in [3.05, 3.63) is 137 Å². The van der Waals surface area contributed by atoms with Crippen molar-refractivity contribution in [2.45, 2.75) is 44.4 Å². The Kier molecular flexibility index (Phi) is 4.67. The van der Waals surface area contributed by atoms with Crippen molar-refractivity contribution >= 4 is 27.4 Å². The number of para-hydroxylation sites is 1. The number of fused-ring (bicyclic) bond motifs is 6. The Hall–Kier alpha value is -3.92. The molecule has 3 nitrogen and oxygen atoms in total. The van der Waals surface area contributed by atoms with Crippen molar-refractivity contribution in [2.24, 2.45) is 0 Å². The first-order valence-corrected chi connectivity index (χ1v) is 13.8. The number of aromatic nitrogens is 1. The molecule has 186 valence electrons. The summed E-state index contributed by atoms with van der Waals surface area (Å²) in [5, 5.41) is 8.02. The number of rotatable bonds is 3. The lowest BCUT2D eigenvalue weighted by Gasteiger charge is -2.46. The zero-order chi connectivity index (χ0) is 25.4. The second-order valence-electron chi connectivity index (χ2n) is 11.5. The number of hydrogen-bond donors (Lipinski definition) is 2. The number of benzene rings is 4. The minimum absolute atomic E-state index is 0.0467. The van der Waals surface area contributed by atoms with E-state index in [1.54, 1.807) is 5.57 Å². The molecular weight excluding hydrogens is 462 g/mol. The summed E-state index contributed by atoms with van der Waals surface area (Å²) < 4.78 is 2.63. The minimum Gasteiger partial charge on any atom is -0.205 e. The smallest absolute Gasteiger partial charge is 0.197 e. The van der Waals surface area contributed by atoms with Crippen molar-refractivity contribution in [2.75, 3.05) is 0 Å². The molecule has 2 unspecified atom stereocenters. The second kappa shape index (κ2) is 8.04. The largest absolute Gasteiger partial charge is 0.205 e. The predicted molar refractivity (Wildman–Crippen MR) is 156 cm³/mol. The number of nitrogens with one attached hydrogen (secondary N) is 2. The van der Waals surface area contributed by atoms with Crippen LogP contribution in [-0.2, 0) is 5.41 Å². The molecule has 1 aromatic heterocycles. The van der Waals surface area contributed by atoms with E-state index >= 15 is 0 Å². The first-order valence-electron chi connectivity index (χ1n) is 13.8. The van der Waals surface area contributed by atoms with E-state index in [9.17, 15) is 0 Å². The van der Waals surface area contributed by atoms with Crippen molar-refractivity contribution in [1.29, 1.82) is 0 Å². The van der Waals surface area contributed by atoms with E-state index in [0.717, 1.165) is 12.8 Å². The summed E-state index contributed by atoms with van der Waals surface area (Å²) >= 11 is 0. The fourth-order valence-corrected chi connectivity index (χ4v) is 7.32. The third-order valence-corrected chi connectivity index (χ3v) is 9.15. The lowest BCUT2D eigenvalue weighted by Crippen LogP contribution is -3.24. The lowest BCUT2D eigenvalue weighted by atomic mass is 9.78. The van der Waals surface area contributed by atoms with Crippen LogP contribution in [0.1, 0.15) is 61.3 Å². The van der Waals surface area contributed by atoms with Crippen LogP contribution in [-0.4, -0.2) is 4.68 Å². The zero-order valence-corrected chi connectivity index (χ0v) is 21.9. The molecule has 8 rings (SSSR count). The molecule has 0 spiro atoms. The van der Waals surface area contributed by atoms with E-state index in [1.807, 2.05) is 0 Å². The number of quaternary nitrogens is 1. The molecule has 2 heterocycles. The molecule has 2 aliphatic carbocycles. The van der Waals surface area contributed by atoms with Gasteiger partial charge in [0.25, 0.3) is 0 Å². The van der Waals surface area contributed by atoms with Gasteiger partial charge in [-0.15, -0.1) is 0 Å². The molecule has 1 aliphatic heterocycles. The van der Waals surface area contributed by atoms with Gasteiger partial charge in [-0.2, -0.15) is 9.69 Å². The van der Waals surface area contributed by atoms with Gasteiger partial charge >= 0.3 is 0 Å². The Morgan fingerprint density at radius 1 is 0.763 bits per heavy atom. The first-order chi connectivity index (χ1) is 18.6. The van der Waals surface area contributed by atoms with Crippen LogP contribution in [0.3, 0.4) is 0 Å². The van der Waals surface area contributed by atoms with Crippen molar-refractivity contribution in [3.63, 3.8) is 0 Å². The topological polar surface area (TPSA) is 21.4 Å². The standard InChI is InChI=1S/C35H31N3/c1-35(2)28-19-11-9-18-27(28)31-29(35)22-21-26-25-17-10-12-20-30(25)37(32(26)31)38-33(23-13-5-3-6-14-23)36-34(38)24-15-7-4-8-16-24/h3-10,12-18,20-22,33-34,36H,11,19H2,1-2H3/p+1. The Balaban J connectivity index is 1.46. The van der Waals surface area contributed by atoms with Crippen molar-refractivity contribution < 1.29 is 5.01 Å². The highest BCUT2D eigenvalue weighted by atomic mass is 15.7. The van der Waals surface area contributed by atoms with Crippen LogP contribution in [0.4, 0.5) is 0 Å². The van der Waals surface area contributed by atoms with Gasteiger partial charge in [-0.25, -0.2) is 5.32 Å². The monoisotopic (exact) mass is 494 g/mol. The molecule has 2 N–H and O–H groups in total. The molecule has 1 fully saturated rings. The van der Waals surface area contributed by atoms with Crippen molar-refractivity contribution in [1.82, 2.24) is 9.99 Å². The summed E-state index contributed by atoms with van der Waals surface area (Å²) in [7, 11) is 0. The van der Waals surface area contributed by atoms with Gasteiger partial charge < -0.3 is 0 Å². The highest BCUT2D eigenvalue weighted by Crippen LogP contribution is 2.52. The fourth-order valence-electron chi connectivity index (χ4n) is 7.32. The highest BCUT2D eigenvalue weighted by Gasteiger charge is 2.48. The fraction of sp³-hybridized carbons (Fsp3) is 0.200. The van der Waals surface area contributed by atoms with E-state index in [0.29, 0.717) is 0 Å². The van der Waals surface area contributed by atoms with Gasteiger partial charge in [-0.05, 0) is 30.0 Å². The Labute approximate surface area is 223 Å². The van der Waals surface area contributed by atoms with Gasteiger partial charge in [0.05, 0.1) is 0 Å². The molecule has 0 amide bonds. The van der Waals surface area contributed by atoms with Gasteiger partial charge in [-0.3, -0.25) is 0 Å². The average Bonchev–Trinajstić information content (AvgIpc) is 3.39. The minimum atomic E-state index is 0.0467. The molecule has 4 aromatic carbocycles. The summed E-state index contributed by atoms with van der Waals surface area (Å²) in [5.74, 6) is 0. The quantitative estimate of drug-likeness (QED) is 0.282. The van der Waals surface area contributed by atoms with Crippen molar-refractivity contribution in [3.8, 4) is 0 Å². The summed E-state index contributed by atoms with van der Waals surface area (Å²) in [5.41, 5.74) is 11.3. The van der Waals surface area contributed by atoms with Crippen LogP contribution in [0.25, 0.3) is 27.4 Å². The van der Waals surface area contributed by atoms with Gasteiger partial charge in [0.1, 0.15) is 11.0 Å². The Morgan fingerprint density at radius 3 is 2.13 bits per heavy atom. The van der Waals surface area contributed by atoms with Gasteiger partial charge in [0, 0.05) is 32.9 Å². The van der Waals surface area contributed by atoms with Gasteiger partial charge in [-0.1, -0.05) is 123 Å². The van der Waals surface area contributed by atoms with E-state index in [1.165, 1.54) is 54.6 Å². The number of allylic oxidation sites excluding steroid dienone is 4. The van der Waals surface area contributed by atoms with E-state index in [4.69, 9.17) is 0 Å². The Bertz CT molecular complexity index is 1730. The molecule has 2 atom stereocenters. The average molecular weight is 495 g/mol. The van der Waals surface area contributed by atoms with Crippen LogP contribution in [0.15, 0.2) is 115 Å². The maximum atomic E-state index is 3.94. The van der Waals surface area contributed by atoms with E-state index in [-0.39, 0.29) is 17.7 Å². The molecular formula is C35H32N3+. The molecule has 5 aromatic rings. The normalized spacial score (nSPS) is 23.5. The third kappa shape index (κ3) is 2.92. The SMILES string of the molecule is CC1(C)C2=C(C=CCC2)c2c1ccc1c3ccccc3n([NH+]3C(c4ccccc4)NC3c3ccccc3)c21. The van der Waals surface area contributed by atoms with E-state index in [2.05, 4.69) is 133 Å². The summed E-state index contributed by atoms with van der Waals surface area (Å²) in [6.45, 7) is 4.84. The maximum absolute atomic E-state index is 3.94. The first kappa shape index (κ1) is 22.1. The van der Waals surface area contributed by atoms with Gasteiger partial charge in [0.15, 0.2) is 12.3 Å². The molecule has 1 saturated heterocycles. The molecule has 0 radical (unpaired) electrons. The Morgan fingerprint density at radius 2 is 1.42 bits per heavy atom. The third-order valence-electron chi connectivity index (χ3n) is 9.15. The maximum Gasteiger partial charge on any atom is 0.197 e. The molecule has 3 heteroatoms. The zero-order valence-electron chi connectivity index (χ0n) is 21.9. The van der Waals surface area contributed by atoms with E-state index < -0.39 is 0 Å². The number of nitrogens with zero attached hydrogens (tertiary/aromatic N) is 1. The molecule has 3 aliphatic rings. The molecule has 0 saturated carbocycles. The van der Waals surface area contributed by atoms with Crippen LogP contribution in [0.2, 0.25) is 0 Å². The van der Waals surface area contributed by atoms with Crippen LogP contribution in [0, 0.1) is 0 Å². The second-order valence-corrected chi connectivity index (χ2v) is 11.5. The summed E-state index contributed by atoms with van der Waals surface area (Å²) in [4.78, 5) is 0. The molecule has 38 heavy (non-hydrogen) atoms. The predicted octanol–water partition coefficient (Wildman–Crippen LogP) is 6.84. The molecule has 0 bridgehead atoms. The van der Waals surface area contributed by atoms with Crippen LogP contribution < -0.4 is 10.3 Å². The van der Waals surface area contributed by atoms with Crippen LogP contribution in [0.5, 0.6) is 0 Å². The summed E-state index contributed by atoms with van der Waals surface area (Å²) in [6.07, 6.45) is 7.36.